The molecule has 0 radical (unpaired) electrons. The van der Waals surface area contributed by atoms with E-state index >= 15 is 0 Å². The van der Waals surface area contributed by atoms with Gasteiger partial charge in [0.2, 0.25) is 10.0 Å². The van der Waals surface area contributed by atoms with Crippen LogP contribution in [0.4, 0.5) is 5.69 Å². The van der Waals surface area contributed by atoms with Gasteiger partial charge in [-0.3, -0.25) is 0 Å². The van der Waals surface area contributed by atoms with Gasteiger partial charge in [0.25, 0.3) is 0 Å². The second-order valence-electron chi connectivity index (χ2n) is 8.02. The Morgan fingerprint density at radius 2 is 1.66 bits per heavy atom. The SMILES string of the molecule is Br.CCn1c(-c2ccc(S(=O)(=O)N3CCCCC3)cc2)csc1=Nc1ccc(C)c(C)c1. The fourth-order valence-corrected chi connectivity index (χ4v) is 6.42. The van der Waals surface area contributed by atoms with Crippen molar-refractivity contribution in [1.82, 2.24) is 8.87 Å². The predicted octanol–water partition coefficient (Wildman–Crippen LogP) is 5.84. The van der Waals surface area contributed by atoms with Crippen molar-refractivity contribution in [2.45, 2.75) is 51.5 Å². The smallest absolute Gasteiger partial charge is 0.243 e. The highest BCUT2D eigenvalue weighted by Gasteiger charge is 2.25. The lowest BCUT2D eigenvalue weighted by molar-refractivity contribution is 0.346. The third kappa shape index (κ3) is 5.09. The summed E-state index contributed by atoms with van der Waals surface area (Å²) in [6, 6.07) is 13.5. The first kappa shape index (κ1) is 24.9. The summed E-state index contributed by atoms with van der Waals surface area (Å²) in [6.07, 6.45) is 2.99. The van der Waals surface area contributed by atoms with Crippen molar-refractivity contribution in [3.8, 4) is 11.3 Å². The lowest BCUT2D eigenvalue weighted by Gasteiger charge is -2.25. The number of piperidine rings is 1. The minimum Gasteiger partial charge on any atom is -0.317 e. The van der Waals surface area contributed by atoms with Crippen molar-refractivity contribution in [2.24, 2.45) is 4.99 Å². The number of hydrogen-bond donors (Lipinski definition) is 0. The first-order valence-corrected chi connectivity index (χ1v) is 13.1. The third-order valence-electron chi connectivity index (χ3n) is 5.93. The van der Waals surface area contributed by atoms with E-state index in [-0.39, 0.29) is 17.0 Å². The molecule has 1 saturated heterocycles. The Labute approximate surface area is 205 Å². The monoisotopic (exact) mass is 535 g/mol. The van der Waals surface area contributed by atoms with E-state index in [9.17, 15) is 8.42 Å². The van der Waals surface area contributed by atoms with Crippen LogP contribution in [0, 0.1) is 13.8 Å². The predicted molar refractivity (Wildman–Crippen MR) is 137 cm³/mol. The highest BCUT2D eigenvalue weighted by molar-refractivity contribution is 8.93. The summed E-state index contributed by atoms with van der Waals surface area (Å²) in [4.78, 5) is 6.16. The van der Waals surface area contributed by atoms with Crippen LogP contribution >= 0.6 is 28.3 Å². The summed E-state index contributed by atoms with van der Waals surface area (Å²) in [7, 11) is -3.41. The number of aromatic nitrogens is 1. The highest BCUT2D eigenvalue weighted by atomic mass is 79.9. The minimum absolute atomic E-state index is 0. The molecule has 0 spiro atoms. The van der Waals surface area contributed by atoms with Crippen molar-refractivity contribution < 1.29 is 8.42 Å². The second kappa shape index (κ2) is 10.5. The lowest BCUT2D eigenvalue weighted by atomic mass is 10.1. The van der Waals surface area contributed by atoms with E-state index in [1.165, 1.54) is 11.1 Å². The summed E-state index contributed by atoms with van der Waals surface area (Å²) in [5, 5.41) is 2.09. The fourth-order valence-electron chi connectivity index (χ4n) is 3.91. The quantitative estimate of drug-likeness (QED) is 0.412. The van der Waals surface area contributed by atoms with Crippen molar-refractivity contribution in [3.05, 3.63) is 63.8 Å². The van der Waals surface area contributed by atoms with Crippen molar-refractivity contribution >= 4 is 44.0 Å². The van der Waals surface area contributed by atoms with Gasteiger partial charge in [0.15, 0.2) is 4.80 Å². The van der Waals surface area contributed by atoms with Gasteiger partial charge in [0.05, 0.1) is 16.3 Å². The van der Waals surface area contributed by atoms with Gasteiger partial charge in [-0.05, 0) is 74.6 Å². The Balaban J connectivity index is 0.00000289. The molecule has 32 heavy (non-hydrogen) atoms. The van der Waals surface area contributed by atoms with Gasteiger partial charge >= 0.3 is 0 Å². The van der Waals surface area contributed by atoms with E-state index in [0.29, 0.717) is 18.0 Å². The van der Waals surface area contributed by atoms with Crippen molar-refractivity contribution in [3.63, 3.8) is 0 Å². The van der Waals surface area contributed by atoms with Gasteiger partial charge in [0.1, 0.15) is 0 Å². The maximum Gasteiger partial charge on any atom is 0.243 e. The molecule has 3 aromatic rings. The fraction of sp³-hybridized carbons (Fsp3) is 0.375. The Bertz CT molecular complexity index is 1240. The molecule has 172 valence electrons. The van der Waals surface area contributed by atoms with Gasteiger partial charge in [-0.15, -0.1) is 28.3 Å². The summed E-state index contributed by atoms with van der Waals surface area (Å²) >= 11 is 1.60. The maximum atomic E-state index is 12.9. The van der Waals surface area contributed by atoms with Crippen LogP contribution in [0.2, 0.25) is 0 Å². The number of thiazole rings is 1. The largest absolute Gasteiger partial charge is 0.317 e. The van der Waals surface area contributed by atoms with Gasteiger partial charge in [0, 0.05) is 25.0 Å². The molecule has 1 aliphatic heterocycles. The molecule has 2 aromatic carbocycles. The number of sulfonamides is 1. The number of nitrogens with zero attached hydrogens (tertiary/aromatic N) is 3. The zero-order valence-electron chi connectivity index (χ0n) is 18.7. The van der Waals surface area contributed by atoms with Gasteiger partial charge < -0.3 is 4.57 Å². The van der Waals surface area contributed by atoms with Crippen LogP contribution in [0.25, 0.3) is 11.3 Å². The summed E-state index contributed by atoms with van der Waals surface area (Å²) in [5.74, 6) is 0. The third-order valence-corrected chi connectivity index (χ3v) is 8.71. The van der Waals surface area contributed by atoms with Crippen molar-refractivity contribution in [2.75, 3.05) is 13.1 Å². The van der Waals surface area contributed by atoms with Crippen LogP contribution in [0.15, 0.2) is 57.7 Å². The molecule has 0 unspecified atom stereocenters. The average molecular weight is 537 g/mol. The number of hydrogen-bond acceptors (Lipinski definition) is 4. The van der Waals surface area contributed by atoms with Gasteiger partial charge in [-0.2, -0.15) is 4.31 Å². The van der Waals surface area contributed by atoms with Crippen LogP contribution in [0.5, 0.6) is 0 Å². The molecule has 8 heteroatoms. The van der Waals surface area contributed by atoms with Crippen LogP contribution in [-0.2, 0) is 16.6 Å². The van der Waals surface area contributed by atoms with Crippen molar-refractivity contribution in [1.29, 1.82) is 0 Å². The normalized spacial score (nSPS) is 15.5. The van der Waals surface area contributed by atoms with E-state index in [2.05, 4.69) is 42.9 Å². The second-order valence-corrected chi connectivity index (χ2v) is 10.8. The molecule has 1 fully saturated rings. The zero-order chi connectivity index (χ0) is 22.0. The summed E-state index contributed by atoms with van der Waals surface area (Å²) in [6.45, 7) is 8.33. The molecule has 1 aromatic heterocycles. The topological polar surface area (TPSA) is 54.7 Å². The van der Waals surface area contributed by atoms with Crippen LogP contribution in [0.1, 0.15) is 37.3 Å². The first-order chi connectivity index (χ1) is 14.9. The van der Waals surface area contributed by atoms with E-state index in [1.54, 1.807) is 27.8 Å². The standard InChI is InChI=1S/C24H29N3O2S2.BrH/c1-4-27-23(17-30-24(27)25-21-11-8-18(2)19(3)16-21)20-9-12-22(13-10-20)31(28,29)26-14-6-5-7-15-26;/h8-13,16-17H,4-7,14-15H2,1-3H3;1H. The van der Waals surface area contributed by atoms with E-state index in [4.69, 9.17) is 4.99 Å². The van der Waals surface area contributed by atoms with Crippen LogP contribution in [0.3, 0.4) is 0 Å². The number of benzene rings is 2. The van der Waals surface area contributed by atoms with Gasteiger partial charge in [-0.1, -0.05) is 24.6 Å². The van der Waals surface area contributed by atoms with Gasteiger partial charge in [-0.25, -0.2) is 13.4 Å². The molecular formula is C24H30BrN3O2S2. The lowest BCUT2D eigenvalue weighted by Crippen LogP contribution is -2.35. The molecule has 0 bridgehead atoms. The molecule has 0 atom stereocenters. The van der Waals surface area contributed by atoms with E-state index in [1.807, 2.05) is 18.2 Å². The molecule has 0 aliphatic carbocycles. The van der Waals surface area contributed by atoms with Crippen LogP contribution < -0.4 is 4.80 Å². The molecule has 5 nitrogen and oxygen atoms in total. The number of halogens is 1. The highest BCUT2D eigenvalue weighted by Crippen LogP contribution is 2.26. The zero-order valence-corrected chi connectivity index (χ0v) is 22.1. The minimum atomic E-state index is -3.41. The van der Waals surface area contributed by atoms with E-state index < -0.39 is 10.0 Å². The van der Waals surface area contributed by atoms with Crippen LogP contribution in [-0.4, -0.2) is 30.4 Å². The molecule has 1 aliphatic rings. The molecule has 2 heterocycles. The van der Waals surface area contributed by atoms with E-state index in [0.717, 1.165) is 47.6 Å². The first-order valence-electron chi connectivity index (χ1n) is 10.8. The summed E-state index contributed by atoms with van der Waals surface area (Å²) < 4.78 is 29.6. The number of aryl methyl sites for hydroxylation is 2. The molecular weight excluding hydrogens is 506 g/mol. The Kier molecular flexibility index (Phi) is 8.14. The maximum absolute atomic E-state index is 12.9. The Hall–Kier alpha value is -1.74. The average Bonchev–Trinajstić information content (AvgIpc) is 3.19. The Morgan fingerprint density at radius 3 is 2.28 bits per heavy atom. The molecule has 0 N–H and O–H groups in total. The molecule has 4 rings (SSSR count). The molecule has 0 amide bonds. The Morgan fingerprint density at radius 1 is 0.969 bits per heavy atom. The summed E-state index contributed by atoms with van der Waals surface area (Å²) in [5.41, 5.74) is 5.48. The molecule has 0 saturated carbocycles. The number of rotatable bonds is 5.